The van der Waals surface area contributed by atoms with Gasteiger partial charge in [-0.2, -0.15) is 0 Å². The molecule has 4 nitrogen and oxygen atoms in total. The lowest BCUT2D eigenvalue weighted by atomic mass is 9.81. The number of nitrogens with two attached hydrogens (primary N) is 1. The predicted molar refractivity (Wildman–Crippen MR) is 81.9 cm³/mol. The molecule has 0 aliphatic heterocycles. The van der Waals surface area contributed by atoms with E-state index in [0.29, 0.717) is 36.7 Å². The highest BCUT2D eigenvalue weighted by Crippen LogP contribution is 2.28. The maximum atomic E-state index is 12.4. The first-order chi connectivity index (χ1) is 9.54. The van der Waals surface area contributed by atoms with Crippen molar-refractivity contribution in [1.82, 2.24) is 5.32 Å². The van der Waals surface area contributed by atoms with Crippen molar-refractivity contribution in [2.24, 2.45) is 11.1 Å². The largest absolute Gasteiger partial charge is 0.496 e. The van der Waals surface area contributed by atoms with E-state index in [0.717, 1.165) is 5.56 Å². The van der Waals surface area contributed by atoms with Crippen LogP contribution in [0, 0.1) is 5.41 Å². The minimum absolute atomic E-state index is 0.0352. The fourth-order valence-corrected chi connectivity index (χ4v) is 2.44. The fraction of sp³-hybridized carbons (Fsp3) is 0.533. The average molecular weight is 299 g/mol. The van der Waals surface area contributed by atoms with Crippen molar-refractivity contribution in [1.29, 1.82) is 0 Å². The molecule has 3 N–H and O–H groups in total. The standard InChI is InChI=1S/C15H23ClN2O2/c1-4-15(5-2,10-17)14(19)18-9-11-12(16)7-6-8-13(11)20-3/h6-8H,4-5,9-10,17H2,1-3H3,(H,18,19). The lowest BCUT2D eigenvalue weighted by Crippen LogP contribution is -2.45. The number of carbonyl (C=O) groups is 1. The number of halogens is 1. The topological polar surface area (TPSA) is 64.4 Å². The van der Waals surface area contributed by atoms with Gasteiger partial charge in [-0.05, 0) is 25.0 Å². The highest BCUT2D eigenvalue weighted by Gasteiger charge is 2.33. The van der Waals surface area contributed by atoms with Crippen LogP contribution in [0.3, 0.4) is 0 Å². The van der Waals surface area contributed by atoms with Crippen molar-refractivity contribution in [3.63, 3.8) is 0 Å². The molecule has 0 unspecified atom stereocenters. The Balaban J connectivity index is 2.84. The van der Waals surface area contributed by atoms with Gasteiger partial charge in [0.05, 0.1) is 12.5 Å². The van der Waals surface area contributed by atoms with Gasteiger partial charge in [-0.3, -0.25) is 4.79 Å². The molecule has 20 heavy (non-hydrogen) atoms. The van der Waals surface area contributed by atoms with Gasteiger partial charge in [0.15, 0.2) is 0 Å². The maximum absolute atomic E-state index is 12.4. The summed E-state index contributed by atoms with van der Waals surface area (Å²) in [4.78, 5) is 12.4. The van der Waals surface area contributed by atoms with Gasteiger partial charge in [-0.25, -0.2) is 0 Å². The third-order valence-corrected chi connectivity index (χ3v) is 4.30. The molecule has 0 saturated heterocycles. The van der Waals surface area contributed by atoms with E-state index in [1.54, 1.807) is 13.2 Å². The summed E-state index contributed by atoms with van der Waals surface area (Å²) in [6.07, 6.45) is 1.43. The van der Waals surface area contributed by atoms with E-state index >= 15 is 0 Å². The molecule has 5 heteroatoms. The van der Waals surface area contributed by atoms with Crippen molar-refractivity contribution in [2.75, 3.05) is 13.7 Å². The number of rotatable bonds is 7. The third kappa shape index (κ3) is 3.44. The molecule has 112 valence electrons. The van der Waals surface area contributed by atoms with E-state index < -0.39 is 5.41 Å². The quantitative estimate of drug-likeness (QED) is 0.813. The van der Waals surface area contributed by atoms with Crippen LogP contribution in [0.1, 0.15) is 32.3 Å². The van der Waals surface area contributed by atoms with E-state index in [1.807, 2.05) is 26.0 Å². The summed E-state index contributed by atoms with van der Waals surface area (Å²) in [5.41, 5.74) is 6.05. The van der Waals surface area contributed by atoms with Crippen LogP contribution in [0.5, 0.6) is 5.75 Å². The van der Waals surface area contributed by atoms with Crippen LogP contribution in [0.25, 0.3) is 0 Å². The first-order valence-electron chi connectivity index (χ1n) is 6.84. The van der Waals surface area contributed by atoms with Crippen LogP contribution in [-0.2, 0) is 11.3 Å². The monoisotopic (exact) mass is 298 g/mol. The van der Waals surface area contributed by atoms with Gasteiger partial charge >= 0.3 is 0 Å². The van der Waals surface area contributed by atoms with E-state index in [1.165, 1.54) is 0 Å². The summed E-state index contributed by atoms with van der Waals surface area (Å²) in [7, 11) is 1.58. The van der Waals surface area contributed by atoms with E-state index in [-0.39, 0.29) is 5.91 Å². The van der Waals surface area contributed by atoms with Gasteiger partial charge < -0.3 is 15.8 Å². The van der Waals surface area contributed by atoms with Crippen molar-refractivity contribution >= 4 is 17.5 Å². The van der Waals surface area contributed by atoms with Gasteiger partial charge in [0.2, 0.25) is 5.91 Å². The van der Waals surface area contributed by atoms with Crippen LogP contribution in [0.2, 0.25) is 5.02 Å². The van der Waals surface area contributed by atoms with Gasteiger partial charge in [0, 0.05) is 23.7 Å². The Morgan fingerprint density at radius 3 is 2.55 bits per heavy atom. The van der Waals surface area contributed by atoms with Crippen LogP contribution in [0.15, 0.2) is 18.2 Å². The Bertz CT molecular complexity index is 451. The highest BCUT2D eigenvalue weighted by atomic mass is 35.5. The Labute approximate surface area is 125 Å². The van der Waals surface area contributed by atoms with E-state index in [4.69, 9.17) is 22.1 Å². The van der Waals surface area contributed by atoms with Gasteiger partial charge in [0.25, 0.3) is 0 Å². The number of benzene rings is 1. The molecule has 0 radical (unpaired) electrons. The number of carbonyl (C=O) groups excluding carboxylic acids is 1. The number of hydrogen-bond donors (Lipinski definition) is 2. The number of nitrogens with one attached hydrogen (secondary N) is 1. The normalized spacial score (nSPS) is 11.2. The molecular formula is C15H23ClN2O2. The third-order valence-electron chi connectivity index (χ3n) is 3.95. The predicted octanol–water partition coefficient (Wildman–Crippen LogP) is 2.73. The van der Waals surface area contributed by atoms with E-state index in [2.05, 4.69) is 5.32 Å². The van der Waals surface area contributed by atoms with Crippen LogP contribution in [0.4, 0.5) is 0 Å². The van der Waals surface area contributed by atoms with Crippen molar-refractivity contribution in [3.05, 3.63) is 28.8 Å². The first-order valence-corrected chi connectivity index (χ1v) is 7.22. The molecule has 0 aliphatic carbocycles. The van der Waals surface area contributed by atoms with Gasteiger partial charge in [-0.15, -0.1) is 0 Å². The molecule has 0 atom stereocenters. The molecule has 1 aromatic rings. The molecule has 0 aromatic heterocycles. The zero-order valence-electron chi connectivity index (χ0n) is 12.3. The molecule has 1 rings (SSSR count). The number of amides is 1. The summed E-state index contributed by atoms with van der Waals surface area (Å²) in [6.45, 7) is 4.63. The van der Waals surface area contributed by atoms with Crippen molar-refractivity contribution in [3.8, 4) is 5.75 Å². The molecule has 1 amide bonds. The Kier molecular flexibility index (Phi) is 6.30. The van der Waals surface area contributed by atoms with Crippen LogP contribution < -0.4 is 15.8 Å². The highest BCUT2D eigenvalue weighted by molar-refractivity contribution is 6.31. The summed E-state index contributed by atoms with van der Waals surface area (Å²) < 4.78 is 5.26. The molecule has 0 bridgehead atoms. The molecule has 0 heterocycles. The van der Waals surface area contributed by atoms with Crippen LogP contribution >= 0.6 is 11.6 Å². The lowest BCUT2D eigenvalue weighted by Gasteiger charge is -2.28. The Morgan fingerprint density at radius 1 is 1.40 bits per heavy atom. The second-order valence-corrected chi connectivity index (χ2v) is 5.20. The average Bonchev–Trinajstić information content (AvgIpc) is 2.48. The Hall–Kier alpha value is -1.26. The zero-order chi connectivity index (χ0) is 15.2. The van der Waals surface area contributed by atoms with Crippen LogP contribution in [-0.4, -0.2) is 19.6 Å². The van der Waals surface area contributed by atoms with Gasteiger partial charge in [0.1, 0.15) is 5.75 Å². The summed E-state index contributed by atoms with van der Waals surface area (Å²) in [6, 6.07) is 5.42. The van der Waals surface area contributed by atoms with Crippen molar-refractivity contribution < 1.29 is 9.53 Å². The SMILES string of the molecule is CCC(CC)(CN)C(=O)NCc1c(Cl)cccc1OC. The van der Waals surface area contributed by atoms with Crippen molar-refractivity contribution in [2.45, 2.75) is 33.2 Å². The summed E-state index contributed by atoms with van der Waals surface area (Å²) in [5.74, 6) is 0.635. The molecule has 0 aliphatic rings. The zero-order valence-corrected chi connectivity index (χ0v) is 13.1. The molecule has 0 saturated carbocycles. The molecule has 0 fully saturated rings. The molecule has 0 spiro atoms. The number of hydrogen-bond acceptors (Lipinski definition) is 3. The lowest BCUT2D eigenvalue weighted by molar-refractivity contribution is -0.131. The number of methoxy groups -OCH3 is 1. The Morgan fingerprint density at radius 2 is 2.05 bits per heavy atom. The number of ether oxygens (including phenoxy) is 1. The van der Waals surface area contributed by atoms with E-state index in [9.17, 15) is 4.79 Å². The minimum Gasteiger partial charge on any atom is -0.496 e. The maximum Gasteiger partial charge on any atom is 0.227 e. The molecule has 1 aromatic carbocycles. The second-order valence-electron chi connectivity index (χ2n) is 4.79. The minimum atomic E-state index is -0.505. The second kappa shape index (κ2) is 7.50. The summed E-state index contributed by atoms with van der Waals surface area (Å²) >= 11 is 6.15. The fourth-order valence-electron chi connectivity index (χ4n) is 2.21. The smallest absolute Gasteiger partial charge is 0.227 e. The first kappa shape index (κ1) is 16.8. The van der Waals surface area contributed by atoms with Gasteiger partial charge in [-0.1, -0.05) is 31.5 Å². The molecular weight excluding hydrogens is 276 g/mol. The summed E-state index contributed by atoms with van der Waals surface area (Å²) in [5, 5.41) is 3.50.